The number of hydrogen-bond acceptors (Lipinski definition) is 3. The molecular weight excluding hydrogens is 348 g/mol. The number of aromatic amines is 1. The predicted octanol–water partition coefficient (Wildman–Crippen LogP) is 2.70. The number of fused-ring (bicyclic) bond motifs is 1. The van der Waals surface area contributed by atoms with Gasteiger partial charge in [0.2, 0.25) is 10.0 Å². The molecule has 0 unspecified atom stereocenters. The molecule has 24 heavy (non-hydrogen) atoms. The Bertz CT molecular complexity index is 1040. The maximum Gasteiger partial charge on any atom is 0.251 e. The number of para-hydroxylation sites is 1. The molecule has 7 heteroatoms. The first-order valence-corrected chi connectivity index (χ1v) is 9.18. The quantitative estimate of drug-likeness (QED) is 0.732. The molecule has 0 radical (unpaired) electrons. The molecule has 2 aromatic carbocycles. The van der Waals surface area contributed by atoms with E-state index >= 15 is 0 Å². The fourth-order valence-corrected chi connectivity index (χ4v) is 3.99. The molecule has 0 saturated carbocycles. The zero-order valence-corrected chi connectivity index (χ0v) is 14.2. The number of rotatable bonds is 5. The fraction of sp³-hybridized carbons (Fsp3) is 0.118. The molecule has 1 heterocycles. The molecule has 0 atom stereocenters. The first kappa shape index (κ1) is 16.7. The van der Waals surface area contributed by atoms with E-state index in [1.165, 1.54) is 12.1 Å². The van der Waals surface area contributed by atoms with Gasteiger partial charge in [-0.05, 0) is 36.1 Å². The van der Waals surface area contributed by atoms with Gasteiger partial charge >= 0.3 is 0 Å². The molecule has 0 amide bonds. The summed E-state index contributed by atoms with van der Waals surface area (Å²) in [5, 5.41) is 1.06. The molecule has 3 rings (SSSR count). The minimum absolute atomic E-state index is 0.0269. The minimum Gasteiger partial charge on any atom is -0.322 e. The first-order valence-electron chi connectivity index (χ1n) is 7.32. The number of aromatic nitrogens is 1. The van der Waals surface area contributed by atoms with Crippen molar-refractivity contribution < 1.29 is 8.42 Å². The molecule has 0 spiro atoms. The lowest BCUT2D eigenvalue weighted by Crippen LogP contribution is -2.27. The van der Waals surface area contributed by atoms with Crippen molar-refractivity contribution in [2.24, 2.45) is 0 Å². The highest BCUT2D eigenvalue weighted by Gasteiger charge is 2.16. The SMILES string of the molecule is O=c1[nH]c2ccccc2cc1CCNS(=O)(=O)c1ccccc1Cl. The molecule has 0 bridgehead atoms. The molecule has 124 valence electrons. The van der Waals surface area contributed by atoms with Crippen molar-refractivity contribution >= 4 is 32.5 Å². The number of sulfonamides is 1. The van der Waals surface area contributed by atoms with E-state index in [1.807, 2.05) is 24.3 Å². The van der Waals surface area contributed by atoms with Gasteiger partial charge in [0.1, 0.15) is 4.90 Å². The smallest absolute Gasteiger partial charge is 0.251 e. The van der Waals surface area contributed by atoms with Gasteiger partial charge in [0.05, 0.1) is 5.02 Å². The average Bonchev–Trinajstić information content (AvgIpc) is 2.55. The van der Waals surface area contributed by atoms with Gasteiger partial charge in [0.25, 0.3) is 5.56 Å². The Kier molecular flexibility index (Phi) is 4.71. The molecule has 0 saturated heterocycles. The first-order chi connectivity index (χ1) is 11.5. The van der Waals surface area contributed by atoms with Crippen LogP contribution in [0.3, 0.4) is 0 Å². The third kappa shape index (κ3) is 3.51. The second-order valence-corrected chi connectivity index (χ2v) is 7.43. The molecule has 2 N–H and O–H groups in total. The molecular formula is C17H15ClN2O3S. The summed E-state index contributed by atoms with van der Waals surface area (Å²) in [6, 6.07) is 15.4. The summed E-state index contributed by atoms with van der Waals surface area (Å²) in [5.41, 5.74) is 1.06. The Labute approximate surface area is 144 Å². The van der Waals surface area contributed by atoms with Crippen LogP contribution in [0.4, 0.5) is 0 Å². The van der Waals surface area contributed by atoms with Crippen LogP contribution in [0.2, 0.25) is 5.02 Å². The van der Waals surface area contributed by atoms with Crippen LogP contribution >= 0.6 is 11.6 Å². The molecule has 0 fully saturated rings. The highest BCUT2D eigenvalue weighted by atomic mass is 35.5. The standard InChI is InChI=1S/C17H15ClN2O3S/c18-14-6-2-4-8-16(14)24(22,23)19-10-9-13-11-12-5-1-3-7-15(12)20-17(13)21/h1-8,11,19H,9-10H2,(H,20,21). The highest BCUT2D eigenvalue weighted by Crippen LogP contribution is 2.20. The van der Waals surface area contributed by atoms with Crippen LogP contribution in [0.1, 0.15) is 5.56 Å². The Morgan fingerprint density at radius 3 is 2.54 bits per heavy atom. The second kappa shape index (κ2) is 6.76. The Balaban J connectivity index is 1.76. The lowest BCUT2D eigenvalue weighted by atomic mass is 10.1. The van der Waals surface area contributed by atoms with Gasteiger partial charge in [-0.3, -0.25) is 4.79 Å². The van der Waals surface area contributed by atoms with E-state index in [0.717, 1.165) is 10.9 Å². The third-order valence-corrected chi connectivity index (χ3v) is 5.60. The molecule has 3 aromatic rings. The van der Waals surface area contributed by atoms with Crippen LogP contribution in [0.15, 0.2) is 64.3 Å². The summed E-state index contributed by atoms with van der Waals surface area (Å²) in [6.07, 6.45) is 0.282. The van der Waals surface area contributed by atoms with Crippen molar-refractivity contribution in [2.45, 2.75) is 11.3 Å². The highest BCUT2D eigenvalue weighted by molar-refractivity contribution is 7.89. The average molecular weight is 363 g/mol. The molecule has 5 nitrogen and oxygen atoms in total. The minimum atomic E-state index is -3.71. The van der Waals surface area contributed by atoms with Crippen LogP contribution in [-0.4, -0.2) is 19.9 Å². The van der Waals surface area contributed by atoms with Gasteiger partial charge < -0.3 is 4.98 Å². The van der Waals surface area contributed by atoms with Crippen molar-refractivity contribution in [3.8, 4) is 0 Å². The van der Waals surface area contributed by atoms with Crippen LogP contribution in [0, 0.1) is 0 Å². The molecule has 0 aliphatic rings. The maximum atomic E-state index is 12.3. The van der Waals surface area contributed by atoms with Gasteiger partial charge in [-0.1, -0.05) is 41.9 Å². The molecule has 0 aliphatic carbocycles. The molecule has 1 aromatic heterocycles. The topological polar surface area (TPSA) is 79.0 Å². The Morgan fingerprint density at radius 1 is 1.04 bits per heavy atom. The van der Waals surface area contributed by atoms with Crippen molar-refractivity contribution in [1.29, 1.82) is 0 Å². The Morgan fingerprint density at radius 2 is 1.75 bits per heavy atom. The maximum absolute atomic E-state index is 12.3. The van der Waals surface area contributed by atoms with Crippen LogP contribution in [0.5, 0.6) is 0 Å². The number of H-pyrrole nitrogens is 1. The third-order valence-electron chi connectivity index (χ3n) is 3.64. The number of hydrogen-bond donors (Lipinski definition) is 2. The van der Waals surface area contributed by atoms with E-state index in [9.17, 15) is 13.2 Å². The van der Waals surface area contributed by atoms with E-state index in [-0.39, 0.29) is 28.4 Å². The lowest BCUT2D eigenvalue weighted by molar-refractivity contribution is 0.581. The zero-order chi connectivity index (χ0) is 17.2. The Hall–Kier alpha value is -2.15. The van der Waals surface area contributed by atoms with Crippen molar-refractivity contribution in [1.82, 2.24) is 9.71 Å². The van der Waals surface area contributed by atoms with Crippen LogP contribution in [-0.2, 0) is 16.4 Å². The number of benzene rings is 2. The zero-order valence-electron chi connectivity index (χ0n) is 12.6. The van der Waals surface area contributed by atoms with Crippen LogP contribution in [0.25, 0.3) is 10.9 Å². The van der Waals surface area contributed by atoms with Gasteiger partial charge in [-0.15, -0.1) is 0 Å². The molecule has 0 aliphatic heterocycles. The summed E-state index contributed by atoms with van der Waals surface area (Å²) < 4.78 is 27.0. The summed E-state index contributed by atoms with van der Waals surface area (Å²) in [5.74, 6) is 0. The number of nitrogens with one attached hydrogen (secondary N) is 2. The number of halogens is 1. The fourth-order valence-electron chi connectivity index (χ4n) is 2.44. The lowest BCUT2D eigenvalue weighted by Gasteiger charge is -2.08. The van der Waals surface area contributed by atoms with E-state index in [0.29, 0.717) is 5.56 Å². The van der Waals surface area contributed by atoms with E-state index in [2.05, 4.69) is 9.71 Å². The van der Waals surface area contributed by atoms with E-state index in [1.54, 1.807) is 18.2 Å². The van der Waals surface area contributed by atoms with Gasteiger partial charge in [-0.25, -0.2) is 13.1 Å². The second-order valence-electron chi connectivity index (χ2n) is 5.29. The van der Waals surface area contributed by atoms with Crippen molar-refractivity contribution in [2.75, 3.05) is 6.54 Å². The summed E-state index contributed by atoms with van der Waals surface area (Å²) in [7, 11) is -3.71. The van der Waals surface area contributed by atoms with E-state index < -0.39 is 10.0 Å². The van der Waals surface area contributed by atoms with Gasteiger partial charge in [0.15, 0.2) is 0 Å². The predicted molar refractivity (Wildman–Crippen MR) is 94.9 cm³/mol. The van der Waals surface area contributed by atoms with Gasteiger partial charge in [0, 0.05) is 17.6 Å². The van der Waals surface area contributed by atoms with E-state index in [4.69, 9.17) is 11.6 Å². The summed E-state index contributed by atoms with van der Waals surface area (Å²) in [4.78, 5) is 14.9. The normalized spacial score (nSPS) is 11.7. The number of pyridine rings is 1. The van der Waals surface area contributed by atoms with Gasteiger partial charge in [-0.2, -0.15) is 0 Å². The van der Waals surface area contributed by atoms with Crippen molar-refractivity contribution in [3.63, 3.8) is 0 Å². The summed E-state index contributed by atoms with van der Waals surface area (Å²) in [6.45, 7) is 0.106. The van der Waals surface area contributed by atoms with Crippen LogP contribution < -0.4 is 10.3 Å². The van der Waals surface area contributed by atoms with Crippen molar-refractivity contribution in [3.05, 3.63) is 75.5 Å². The largest absolute Gasteiger partial charge is 0.322 e. The monoisotopic (exact) mass is 362 g/mol. The summed E-state index contributed by atoms with van der Waals surface area (Å²) >= 11 is 5.92.